The maximum Gasteiger partial charge on any atom is 0.169 e. The molecule has 0 amide bonds. The average Bonchev–Trinajstić information content (AvgIpc) is 2.94. The summed E-state index contributed by atoms with van der Waals surface area (Å²) in [5.41, 5.74) is 15.4. The van der Waals surface area contributed by atoms with Gasteiger partial charge < -0.3 is 11.5 Å². The smallest absolute Gasteiger partial charge is 0.169 e. The highest BCUT2D eigenvalue weighted by Crippen LogP contribution is 2.35. The molecular formula is C32H40N4O. The fourth-order valence-corrected chi connectivity index (χ4v) is 5.91. The first-order valence-corrected chi connectivity index (χ1v) is 14.0. The van der Waals surface area contributed by atoms with Gasteiger partial charge in [0.25, 0.3) is 0 Å². The number of carbonyl (C=O) groups excluding carboxylic acids is 1. The molecule has 6 N–H and O–H groups in total. The molecule has 0 heterocycles. The lowest BCUT2D eigenvalue weighted by atomic mass is 9.83. The molecule has 5 heteroatoms. The largest absolute Gasteiger partial charge is 0.398 e. The molecule has 0 bridgehead atoms. The van der Waals surface area contributed by atoms with Gasteiger partial charge in [-0.15, -0.1) is 0 Å². The maximum atomic E-state index is 14.3. The molecule has 3 aromatic carbocycles. The summed E-state index contributed by atoms with van der Waals surface area (Å²) in [5.74, 6) is 0.463. The fourth-order valence-electron chi connectivity index (χ4n) is 5.91. The van der Waals surface area contributed by atoms with Gasteiger partial charge in [0, 0.05) is 17.8 Å². The van der Waals surface area contributed by atoms with Crippen LogP contribution in [0.2, 0.25) is 0 Å². The third kappa shape index (κ3) is 6.23. The van der Waals surface area contributed by atoms with Crippen molar-refractivity contribution in [3.63, 3.8) is 0 Å². The molecule has 2 radical (unpaired) electrons. The van der Waals surface area contributed by atoms with Gasteiger partial charge in [-0.2, -0.15) is 0 Å². The van der Waals surface area contributed by atoms with Crippen LogP contribution in [-0.4, -0.2) is 17.9 Å². The number of anilines is 1. The molecule has 2 aliphatic carbocycles. The molecule has 0 aliphatic heterocycles. The number of Topliss-reactive ketones (excluding diaryl/α,β-unsaturated/α-hetero) is 1. The van der Waals surface area contributed by atoms with Crippen LogP contribution in [0.3, 0.4) is 0 Å². The van der Waals surface area contributed by atoms with E-state index in [0.717, 1.165) is 53.7 Å². The number of nitrogens with one attached hydrogen (secondary N) is 2. The van der Waals surface area contributed by atoms with Crippen LogP contribution in [0.15, 0.2) is 66.7 Å². The SMILES string of the molecule is Nc1ccccc1[C]([C](NC1CCCCC1)NC1CCCCC1)C(=O)C(N)c1ccc2ccccc2c1. The van der Waals surface area contributed by atoms with Crippen molar-refractivity contribution in [3.05, 3.63) is 89.9 Å². The summed E-state index contributed by atoms with van der Waals surface area (Å²) in [6.45, 7) is 0. The van der Waals surface area contributed by atoms with Crippen LogP contribution >= 0.6 is 0 Å². The summed E-state index contributed by atoms with van der Waals surface area (Å²) >= 11 is 0. The monoisotopic (exact) mass is 496 g/mol. The lowest BCUT2D eigenvalue weighted by molar-refractivity contribution is -0.118. The summed E-state index contributed by atoms with van der Waals surface area (Å²) in [7, 11) is 0. The summed E-state index contributed by atoms with van der Waals surface area (Å²) in [4.78, 5) is 14.3. The third-order valence-electron chi connectivity index (χ3n) is 8.05. The second-order valence-electron chi connectivity index (χ2n) is 10.7. The van der Waals surface area contributed by atoms with Gasteiger partial charge in [0.05, 0.1) is 6.04 Å². The van der Waals surface area contributed by atoms with Gasteiger partial charge in [-0.1, -0.05) is 93.1 Å². The molecule has 0 saturated heterocycles. The van der Waals surface area contributed by atoms with Gasteiger partial charge in [-0.25, -0.2) is 0 Å². The average molecular weight is 497 g/mol. The summed E-state index contributed by atoms with van der Waals surface area (Å²) < 4.78 is 0. The molecule has 37 heavy (non-hydrogen) atoms. The Hall–Kier alpha value is -2.73. The van der Waals surface area contributed by atoms with E-state index in [0.29, 0.717) is 23.7 Å². The Balaban J connectivity index is 1.50. The molecule has 1 atom stereocenters. The van der Waals surface area contributed by atoms with Gasteiger partial charge in [-0.3, -0.25) is 15.4 Å². The highest BCUT2D eigenvalue weighted by molar-refractivity contribution is 6.04. The van der Waals surface area contributed by atoms with Crippen LogP contribution in [0.25, 0.3) is 10.8 Å². The predicted molar refractivity (Wildman–Crippen MR) is 152 cm³/mol. The molecule has 5 nitrogen and oxygen atoms in total. The van der Waals surface area contributed by atoms with E-state index in [1.807, 2.05) is 54.6 Å². The quantitative estimate of drug-likeness (QED) is 0.275. The third-order valence-corrected chi connectivity index (χ3v) is 8.05. The Morgan fingerprint density at radius 3 is 1.92 bits per heavy atom. The van der Waals surface area contributed by atoms with E-state index in [4.69, 9.17) is 11.5 Å². The fraction of sp³-hybridized carbons (Fsp3) is 0.406. The summed E-state index contributed by atoms with van der Waals surface area (Å²) in [5, 5.41) is 9.77. The number of rotatable bonds is 9. The number of fused-ring (bicyclic) bond motifs is 1. The van der Waals surface area contributed by atoms with Crippen molar-refractivity contribution in [2.45, 2.75) is 82.3 Å². The summed E-state index contributed by atoms with van der Waals surface area (Å²) in [6, 6.07) is 21.7. The van der Waals surface area contributed by atoms with Crippen molar-refractivity contribution in [2.24, 2.45) is 5.73 Å². The van der Waals surface area contributed by atoms with Crippen LogP contribution in [0.1, 0.15) is 81.4 Å². The topological polar surface area (TPSA) is 93.2 Å². The Kier molecular flexibility index (Phi) is 8.55. The van der Waals surface area contributed by atoms with Crippen LogP contribution in [0.4, 0.5) is 5.69 Å². The van der Waals surface area contributed by atoms with Crippen LogP contribution in [0, 0.1) is 12.1 Å². The van der Waals surface area contributed by atoms with Gasteiger partial charge in [0.15, 0.2) is 5.78 Å². The Morgan fingerprint density at radius 1 is 0.730 bits per heavy atom. The zero-order valence-corrected chi connectivity index (χ0v) is 21.7. The number of nitrogens with two attached hydrogens (primary N) is 2. The van der Waals surface area contributed by atoms with Crippen molar-refractivity contribution >= 4 is 22.2 Å². The van der Waals surface area contributed by atoms with Crippen molar-refractivity contribution < 1.29 is 4.79 Å². The molecule has 5 rings (SSSR count). The van der Waals surface area contributed by atoms with E-state index < -0.39 is 6.04 Å². The Morgan fingerprint density at radius 2 is 1.30 bits per heavy atom. The standard InChI is InChI=1S/C32H40N4O/c33-28-18-10-9-17-27(28)29(31(37)30(34)24-20-19-22-11-7-8-12-23(22)21-24)32(35-25-13-3-1-4-14-25)36-26-15-5-2-6-16-26/h7-12,17-21,25-26,30,35-36H,1-6,13-16,33-34H2. The molecular weight excluding hydrogens is 456 g/mol. The van der Waals surface area contributed by atoms with Crippen molar-refractivity contribution in [1.82, 2.24) is 10.6 Å². The van der Waals surface area contributed by atoms with E-state index in [-0.39, 0.29) is 5.78 Å². The van der Waals surface area contributed by atoms with Crippen LogP contribution in [0.5, 0.6) is 0 Å². The number of hydrogen-bond acceptors (Lipinski definition) is 5. The maximum absolute atomic E-state index is 14.3. The van der Waals surface area contributed by atoms with Crippen molar-refractivity contribution in [1.29, 1.82) is 0 Å². The second kappa shape index (κ2) is 12.2. The minimum atomic E-state index is -0.796. The van der Waals surface area contributed by atoms with Crippen molar-refractivity contribution in [3.8, 4) is 0 Å². The zero-order valence-electron chi connectivity index (χ0n) is 21.7. The number of carbonyl (C=O) groups is 1. The van der Waals surface area contributed by atoms with Gasteiger partial charge in [0.1, 0.15) is 12.1 Å². The molecule has 1 unspecified atom stereocenters. The van der Waals surface area contributed by atoms with E-state index in [1.54, 1.807) is 0 Å². The highest BCUT2D eigenvalue weighted by atomic mass is 16.1. The minimum absolute atomic E-state index is 0.116. The molecule has 2 fully saturated rings. The number of para-hydroxylation sites is 1. The summed E-state index contributed by atoms with van der Waals surface area (Å²) in [6.07, 6.45) is 12.6. The molecule has 194 valence electrons. The van der Waals surface area contributed by atoms with E-state index in [9.17, 15) is 4.79 Å². The number of benzene rings is 3. The second-order valence-corrected chi connectivity index (χ2v) is 10.7. The van der Waals surface area contributed by atoms with Gasteiger partial charge in [-0.05, 0) is 59.7 Å². The molecule has 3 aromatic rings. The first kappa shape index (κ1) is 25.9. The highest BCUT2D eigenvalue weighted by Gasteiger charge is 2.39. The number of hydrogen-bond donors (Lipinski definition) is 4. The first-order valence-electron chi connectivity index (χ1n) is 14.0. The van der Waals surface area contributed by atoms with E-state index >= 15 is 0 Å². The van der Waals surface area contributed by atoms with Gasteiger partial charge in [0.2, 0.25) is 0 Å². The number of nitrogen functional groups attached to an aromatic ring is 1. The normalized spacial score (nSPS) is 18.5. The first-order chi connectivity index (χ1) is 18.1. The molecule has 0 spiro atoms. The van der Waals surface area contributed by atoms with E-state index in [1.165, 1.54) is 38.5 Å². The molecule has 2 aliphatic rings. The number of ketones is 1. The molecule has 2 saturated carbocycles. The van der Waals surface area contributed by atoms with Crippen molar-refractivity contribution in [2.75, 3.05) is 5.73 Å². The lowest BCUT2D eigenvalue weighted by Gasteiger charge is -2.37. The Bertz CT molecular complexity index is 1160. The zero-order chi connectivity index (χ0) is 25.6. The van der Waals surface area contributed by atoms with Crippen LogP contribution < -0.4 is 22.1 Å². The van der Waals surface area contributed by atoms with E-state index in [2.05, 4.69) is 22.8 Å². The Labute approximate surface area is 221 Å². The minimum Gasteiger partial charge on any atom is -0.398 e. The predicted octanol–water partition coefficient (Wildman–Crippen LogP) is 5.95. The lowest BCUT2D eigenvalue weighted by Crippen LogP contribution is -2.51. The van der Waals surface area contributed by atoms with Crippen LogP contribution in [-0.2, 0) is 4.79 Å². The van der Waals surface area contributed by atoms with Gasteiger partial charge >= 0.3 is 0 Å². The molecule has 0 aromatic heterocycles.